The molecule has 89 heavy (non-hydrogen) atoms. The summed E-state index contributed by atoms with van der Waals surface area (Å²) in [6.07, 6.45) is 7.49. The highest BCUT2D eigenvalue weighted by atomic mass is 16.3. The highest BCUT2D eigenvalue weighted by molar-refractivity contribution is 5.99. The topological polar surface area (TPSA) is 443 Å². The Morgan fingerprint density at radius 3 is 1.52 bits per heavy atom. The van der Waals surface area contributed by atoms with Gasteiger partial charge < -0.3 is 76.1 Å². The number of Topliss-reactive ketones (excluding diaryl/α,β-unsaturated/α-hetero) is 4. The number of hydrogen-bond donors (Lipinski definition) is 14. The van der Waals surface area contributed by atoms with Crippen molar-refractivity contribution in [1.29, 1.82) is 0 Å². The maximum atomic E-state index is 14.7. The van der Waals surface area contributed by atoms with Crippen molar-refractivity contribution in [3.05, 3.63) is 0 Å². The fourth-order valence-electron chi connectivity index (χ4n) is 11.2. The molecular weight excluding hydrogens is 1140 g/mol. The van der Waals surface area contributed by atoms with Gasteiger partial charge in [0.1, 0.15) is 12.1 Å². The first-order chi connectivity index (χ1) is 42.4. The molecule has 512 valence electrons. The summed E-state index contributed by atoms with van der Waals surface area (Å²) in [5, 5.41) is 40.9. The van der Waals surface area contributed by atoms with Crippen LogP contribution in [0.2, 0.25) is 0 Å². The van der Waals surface area contributed by atoms with Gasteiger partial charge in [0, 0.05) is 50.0 Å². The standard InChI is InChI=1S/C64H118N12O13/c1-8-11-13-15-17-19-21-43(10-3)58(83)71-50(25-31-67)57(82)39-47(42(7)78)62(87)73-49(24-30-66)55(80)37-45-28-34-70-61(86)46(41(6)77)38-56(81)51(26-32-68)74-63(88)52(27-33-69)75-64(89)53(35-40(4)5)76-59(84)44(22-20-18-16-14-12-9-2)36-54(79)48(23-29-65)72-60(45)85/h40-53,77-78H,8-39,65-69H2,1-7H3,(H,70,86)(H,71,83)(H,72,85)(H,73,87)(H,74,88)(H,75,89)(H,76,84)/t41-,42-,43+,44+,45-,46+,47+,48+,49+,50+,51+,52+,53+/m1/s1. The van der Waals surface area contributed by atoms with E-state index >= 15 is 0 Å². The van der Waals surface area contributed by atoms with Crippen molar-refractivity contribution in [2.75, 3.05) is 39.3 Å². The Labute approximate surface area is 530 Å². The average molecular weight is 1260 g/mol. The van der Waals surface area contributed by atoms with Crippen LogP contribution < -0.4 is 65.9 Å². The van der Waals surface area contributed by atoms with Crippen LogP contribution in [0.4, 0.5) is 0 Å². The Bertz CT molecular complexity index is 2170. The molecule has 0 saturated carbocycles. The van der Waals surface area contributed by atoms with E-state index in [2.05, 4.69) is 51.1 Å². The van der Waals surface area contributed by atoms with Crippen LogP contribution in [-0.4, -0.2) is 162 Å². The van der Waals surface area contributed by atoms with Crippen LogP contribution in [0.15, 0.2) is 0 Å². The van der Waals surface area contributed by atoms with Gasteiger partial charge in [-0.05, 0) is 117 Å². The monoisotopic (exact) mass is 1260 g/mol. The molecule has 0 aromatic rings. The summed E-state index contributed by atoms with van der Waals surface area (Å²) in [6, 6.07) is -7.46. The molecule has 0 spiro atoms. The molecule has 13 atom stereocenters. The molecule has 0 aromatic heterocycles. The number of aliphatic hydroxyl groups is 2. The van der Waals surface area contributed by atoms with E-state index in [-0.39, 0.29) is 115 Å². The molecule has 1 aliphatic rings. The summed E-state index contributed by atoms with van der Waals surface area (Å²) in [7, 11) is 0. The first-order valence-electron chi connectivity index (χ1n) is 33.4. The van der Waals surface area contributed by atoms with Crippen molar-refractivity contribution >= 4 is 64.5 Å². The minimum atomic E-state index is -1.42. The summed E-state index contributed by atoms with van der Waals surface area (Å²) >= 11 is 0. The minimum absolute atomic E-state index is 0.0359. The van der Waals surface area contributed by atoms with Crippen molar-refractivity contribution < 1.29 is 63.0 Å². The van der Waals surface area contributed by atoms with Crippen LogP contribution in [0.1, 0.15) is 215 Å². The predicted molar refractivity (Wildman–Crippen MR) is 343 cm³/mol. The molecule has 1 rings (SSSR count). The summed E-state index contributed by atoms with van der Waals surface area (Å²) < 4.78 is 0. The maximum absolute atomic E-state index is 14.7. The lowest BCUT2D eigenvalue weighted by Gasteiger charge is -2.28. The number of nitrogens with two attached hydrogens (primary N) is 5. The van der Waals surface area contributed by atoms with Gasteiger partial charge in [-0.3, -0.25) is 52.7 Å². The van der Waals surface area contributed by atoms with E-state index in [1.807, 2.05) is 20.8 Å². The van der Waals surface area contributed by atoms with E-state index < -0.39 is 150 Å². The van der Waals surface area contributed by atoms with E-state index in [1.165, 1.54) is 13.8 Å². The molecule has 1 fully saturated rings. The van der Waals surface area contributed by atoms with Gasteiger partial charge >= 0.3 is 0 Å². The highest BCUT2D eigenvalue weighted by Gasteiger charge is 2.38. The lowest BCUT2D eigenvalue weighted by molar-refractivity contribution is -0.137. The molecular formula is C64H118N12O13. The van der Waals surface area contributed by atoms with Gasteiger partial charge in [-0.2, -0.15) is 0 Å². The second kappa shape index (κ2) is 46.7. The predicted octanol–water partition coefficient (Wildman–Crippen LogP) is 1.80. The third kappa shape index (κ3) is 32.0. The van der Waals surface area contributed by atoms with Crippen molar-refractivity contribution in [3.63, 3.8) is 0 Å². The highest BCUT2D eigenvalue weighted by Crippen LogP contribution is 2.23. The van der Waals surface area contributed by atoms with E-state index in [0.29, 0.717) is 19.3 Å². The Hall–Kier alpha value is -5.31. The maximum Gasteiger partial charge on any atom is 0.243 e. The normalized spacial score (nSPS) is 22.7. The van der Waals surface area contributed by atoms with Crippen LogP contribution in [0.25, 0.3) is 0 Å². The first-order valence-corrected chi connectivity index (χ1v) is 33.4. The van der Waals surface area contributed by atoms with E-state index in [9.17, 15) is 63.0 Å². The molecule has 0 radical (unpaired) electrons. The molecule has 0 aliphatic carbocycles. The zero-order chi connectivity index (χ0) is 67.0. The van der Waals surface area contributed by atoms with E-state index in [0.717, 1.165) is 70.6 Å². The first kappa shape index (κ1) is 81.7. The molecule has 7 amide bonds. The van der Waals surface area contributed by atoms with Gasteiger partial charge in [0.25, 0.3) is 0 Å². The molecule has 0 bridgehead atoms. The Morgan fingerprint density at radius 1 is 0.517 bits per heavy atom. The molecule has 25 heteroatoms. The molecule has 1 aliphatic heterocycles. The van der Waals surface area contributed by atoms with Crippen molar-refractivity contribution in [3.8, 4) is 0 Å². The Morgan fingerprint density at radius 2 is 0.989 bits per heavy atom. The van der Waals surface area contributed by atoms with Crippen molar-refractivity contribution in [2.24, 2.45) is 64.2 Å². The molecule has 19 N–H and O–H groups in total. The summed E-state index contributed by atoms with van der Waals surface area (Å²) in [5.74, 6) is -13.1. The lowest BCUT2D eigenvalue weighted by atomic mass is 9.89. The number of rotatable bonds is 39. The molecule has 25 nitrogen and oxygen atoms in total. The zero-order valence-corrected chi connectivity index (χ0v) is 55.0. The SMILES string of the molecule is CCCCCCCC[C@H](CC)C(=O)N[C@@H](CCN)C(=O)C[C@H](C(=O)N[C@@H](CCN)C(=O)C[C@H]1CCNC(=O)[C@H]([C@@H](C)O)CC(=O)[C@H](CCN)NC(=O)[C@H](CCN)NC(=O)[C@H](CC(C)C)NC(=O)[C@@H](CCCCCCCC)CC(=O)[C@H](CCN)NC1=O)[C@@H](C)O. The van der Waals surface area contributed by atoms with Gasteiger partial charge in [0.2, 0.25) is 41.4 Å². The van der Waals surface area contributed by atoms with E-state index in [4.69, 9.17) is 28.7 Å². The van der Waals surface area contributed by atoms with Crippen LogP contribution >= 0.6 is 0 Å². The quantitative estimate of drug-likeness (QED) is 0.0390. The van der Waals surface area contributed by atoms with Crippen LogP contribution in [0, 0.1) is 35.5 Å². The Balaban J connectivity index is 3.87. The summed E-state index contributed by atoms with van der Waals surface area (Å²) in [5.41, 5.74) is 29.8. The molecule has 0 unspecified atom stereocenters. The number of amides is 7. The summed E-state index contributed by atoms with van der Waals surface area (Å²) in [4.78, 5) is 156. The van der Waals surface area contributed by atoms with Crippen molar-refractivity contribution in [2.45, 2.75) is 264 Å². The van der Waals surface area contributed by atoms with Gasteiger partial charge in [-0.15, -0.1) is 0 Å². The van der Waals surface area contributed by atoms with Crippen LogP contribution in [-0.2, 0) is 52.7 Å². The summed E-state index contributed by atoms with van der Waals surface area (Å²) in [6.45, 7) is 11.7. The van der Waals surface area contributed by atoms with E-state index in [1.54, 1.807) is 0 Å². The van der Waals surface area contributed by atoms with Crippen LogP contribution in [0.5, 0.6) is 0 Å². The number of unbranched alkanes of at least 4 members (excludes halogenated alkanes) is 10. The van der Waals surface area contributed by atoms with Gasteiger partial charge in [0.15, 0.2) is 23.1 Å². The fourth-order valence-corrected chi connectivity index (χ4v) is 11.2. The Kier molecular flexibility index (Phi) is 42.9. The van der Waals surface area contributed by atoms with Gasteiger partial charge in [0.05, 0.1) is 48.2 Å². The molecule has 1 saturated heterocycles. The molecule has 1 heterocycles. The molecule has 0 aromatic carbocycles. The van der Waals surface area contributed by atoms with Gasteiger partial charge in [-0.25, -0.2) is 0 Å². The van der Waals surface area contributed by atoms with Crippen molar-refractivity contribution in [1.82, 2.24) is 37.2 Å². The second-order valence-corrected chi connectivity index (χ2v) is 25.0. The smallest absolute Gasteiger partial charge is 0.243 e. The number of ketones is 4. The third-order valence-corrected chi connectivity index (χ3v) is 16.9. The lowest BCUT2D eigenvalue weighted by Crippen LogP contribution is -2.57. The largest absolute Gasteiger partial charge is 0.393 e. The zero-order valence-electron chi connectivity index (χ0n) is 55.0. The average Bonchev–Trinajstić information content (AvgIpc) is 2.83. The third-order valence-electron chi connectivity index (χ3n) is 16.9. The van der Waals surface area contributed by atoms with Gasteiger partial charge in [-0.1, -0.05) is 112 Å². The number of carbonyl (C=O) groups is 11. The minimum Gasteiger partial charge on any atom is -0.393 e. The fraction of sp³-hybridized carbons (Fsp3) is 0.828. The number of aliphatic hydroxyl groups excluding tert-OH is 2. The second-order valence-electron chi connectivity index (χ2n) is 25.0. The number of carbonyl (C=O) groups excluding carboxylic acids is 11. The number of nitrogens with one attached hydrogen (secondary N) is 7. The number of hydrogen-bond acceptors (Lipinski definition) is 18. The van der Waals surface area contributed by atoms with Crippen LogP contribution in [0.3, 0.4) is 0 Å².